The Labute approximate surface area is 187 Å². The number of hydrogen-bond acceptors (Lipinski definition) is 5. The summed E-state index contributed by atoms with van der Waals surface area (Å²) in [6, 6.07) is 15.6. The second kappa shape index (κ2) is 9.47. The summed E-state index contributed by atoms with van der Waals surface area (Å²) in [4.78, 5) is 43.2. The molecular formula is C24H21FN4O4. The molecule has 4 aromatic rings. The van der Waals surface area contributed by atoms with Crippen LogP contribution in [0.4, 0.5) is 10.1 Å². The van der Waals surface area contributed by atoms with Crippen LogP contribution in [0.3, 0.4) is 0 Å². The maximum absolute atomic E-state index is 13.3. The van der Waals surface area contributed by atoms with Crippen LogP contribution in [0.1, 0.15) is 12.5 Å². The number of hydrogen-bond donors (Lipinski definition) is 1. The molecule has 1 N–H and O–H groups in total. The summed E-state index contributed by atoms with van der Waals surface area (Å²) in [5.41, 5.74) is -0.0829. The van der Waals surface area contributed by atoms with Gasteiger partial charge in [0.25, 0.3) is 5.56 Å². The Kier molecular flexibility index (Phi) is 6.30. The fraction of sp³-hybridized carbons (Fsp3) is 0.167. The third-order valence-electron chi connectivity index (χ3n) is 5.00. The van der Waals surface area contributed by atoms with Gasteiger partial charge in [-0.15, -0.1) is 0 Å². The largest absolute Gasteiger partial charge is 0.492 e. The van der Waals surface area contributed by atoms with Gasteiger partial charge in [-0.05, 0) is 48.9 Å². The van der Waals surface area contributed by atoms with E-state index in [1.165, 1.54) is 30.5 Å². The summed E-state index contributed by atoms with van der Waals surface area (Å²) in [7, 11) is 0. The molecule has 0 saturated heterocycles. The van der Waals surface area contributed by atoms with Crippen molar-refractivity contribution in [1.29, 1.82) is 0 Å². The summed E-state index contributed by atoms with van der Waals surface area (Å²) < 4.78 is 20.9. The molecule has 1 amide bonds. The standard InChI is InChI=1S/C24H21FN4O4/c1-2-33-20-8-4-3-7-19(20)27-21(30)15-28-22-18(6-5-13-26-22)23(31)29(24(28)32)14-16-9-11-17(25)12-10-16/h3-13H,2,14-15H2,1H3,(H,27,30). The van der Waals surface area contributed by atoms with Gasteiger partial charge in [-0.25, -0.2) is 14.2 Å². The Morgan fingerprint density at radius 1 is 1.03 bits per heavy atom. The predicted molar refractivity (Wildman–Crippen MR) is 122 cm³/mol. The molecule has 0 aliphatic carbocycles. The maximum Gasteiger partial charge on any atom is 0.333 e. The lowest BCUT2D eigenvalue weighted by molar-refractivity contribution is -0.116. The smallest absolute Gasteiger partial charge is 0.333 e. The number of amides is 1. The number of nitrogens with zero attached hydrogens (tertiary/aromatic N) is 3. The van der Waals surface area contributed by atoms with E-state index in [9.17, 15) is 18.8 Å². The number of pyridine rings is 1. The van der Waals surface area contributed by atoms with Crippen LogP contribution in [0.15, 0.2) is 76.4 Å². The van der Waals surface area contributed by atoms with Gasteiger partial charge in [0.1, 0.15) is 23.8 Å². The second-order valence-corrected chi connectivity index (χ2v) is 7.24. The highest BCUT2D eigenvalue weighted by Crippen LogP contribution is 2.23. The van der Waals surface area contributed by atoms with Gasteiger partial charge in [0.15, 0.2) is 0 Å². The van der Waals surface area contributed by atoms with E-state index in [1.54, 1.807) is 36.4 Å². The lowest BCUT2D eigenvalue weighted by Crippen LogP contribution is -2.42. The minimum atomic E-state index is -0.691. The topological polar surface area (TPSA) is 95.2 Å². The third-order valence-corrected chi connectivity index (χ3v) is 5.00. The van der Waals surface area contributed by atoms with Gasteiger partial charge in [-0.2, -0.15) is 0 Å². The lowest BCUT2D eigenvalue weighted by Gasteiger charge is -2.15. The van der Waals surface area contributed by atoms with Crippen molar-refractivity contribution in [3.05, 3.63) is 99.1 Å². The monoisotopic (exact) mass is 448 g/mol. The average molecular weight is 448 g/mol. The molecule has 0 fully saturated rings. The molecule has 2 heterocycles. The van der Waals surface area contributed by atoms with E-state index >= 15 is 0 Å². The number of benzene rings is 2. The number of carbonyl (C=O) groups excluding carboxylic acids is 1. The van der Waals surface area contributed by atoms with Gasteiger partial charge in [-0.3, -0.25) is 18.7 Å². The highest BCUT2D eigenvalue weighted by molar-refractivity contribution is 5.92. The number of nitrogens with one attached hydrogen (secondary N) is 1. The summed E-state index contributed by atoms with van der Waals surface area (Å²) in [5, 5.41) is 2.94. The molecule has 9 heteroatoms. The zero-order valence-corrected chi connectivity index (χ0v) is 17.8. The number of para-hydroxylation sites is 2. The first-order chi connectivity index (χ1) is 16.0. The molecule has 0 bridgehead atoms. The van der Waals surface area contributed by atoms with E-state index in [4.69, 9.17) is 4.74 Å². The summed E-state index contributed by atoms with van der Waals surface area (Å²) >= 11 is 0. The zero-order valence-electron chi connectivity index (χ0n) is 17.8. The molecular weight excluding hydrogens is 427 g/mol. The Bertz CT molecular complexity index is 1430. The Hall–Kier alpha value is -4.27. The van der Waals surface area contributed by atoms with E-state index in [0.717, 1.165) is 9.13 Å². The van der Waals surface area contributed by atoms with Gasteiger partial charge < -0.3 is 10.1 Å². The number of aromatic nitrogens is 3. The first-order valence-electron chi connectivity index (χ1n) is 10.3. The Morgan fingerprint density at radius 2 is 1.79 bits per heavy atom. The number of carbonyl (C=O) groups is 1. The van der Waals surface area contributed by atoms with Crippen LogP contribution >= 0.6 is 0 Å². The van der Waals surface area contributed by atoms with Crippen molar-refractivity contribution in [3.63, 3.8) is 0 Å². The molecule has 0 aliphatic heterocycles. The molecule has 2 aromatic carbocycles. The molecule has 0 aliphatic rings. The van der Waals surface area contributed by atoms with E-state index in [0.29, 0.717) is 23.6 Å². The van der Waals surface area contributed by atoms with Crippen LogP contribution in [0.2, 0.25) is 0 Å². The van der Waals surface area contributed by atoms with Crippen LogP contribution in [0.25, 0.3) is 11.0 Å². The van der Waals surface area contributed by atoms with Crippen LogP contribution in [-0.2, 0) is 17.9 Å². The van der Waals surface area contributed by atoms with E-state index in [2.05, 4.69) is 10.3 Å². The highest BCUT2D eigenvalue weighted by atomic mass is 19.1. The average Bonchev–Trinajstić information content (AvgIpc) is 2.82. The van der Waals surface area contributed by atoms with Gasteiger partial charge in [0.2, 0.25) is 5.91 Å². The molecule has 8 nitrogen and oxygen atoms in total. The van der Waals surface area contributed by atoms with Gasteiger partial charge in [0, 0.05) is 6.20 Å². The van der Waals surface area contributed by atoms with Gasteiger partial charge in [0.05, 0.1) is 24.2 Å². The Balaban J connectivity index is 1.72. The fourth-order valence-electron chi connectivity index (χ4n) is 3.49. The summed E-state index contributed by atoms with van der Waals surface area (Å²) in [6.07, 6.45) is 1.45. The maximum atomic E-state index is 13.3. The second-order valence-electron chi connectivity index (χ2n) is 7.24. The van der Waals surface area contributed by atoms with Crippen molar-refractivity contribution in [2.45, 2.75) is 20.0 Å². The molecule has 2 aromatic heterocycles. The molecule has 0 spiro atoms. The van der Waals surface area contributed by atoms with Crippen molar-refractivity contribution in [2.75, 3.05) is 11.9 Å². The van der Waals surface area contributed by atoms with E-state index in [-0.39, 0.29) is 24.1 Å². The van der Waals surface area contributed by atoms with Crippen LogP contribution < -0.4 is 21.3 Å². The van der Waals surface area contributed by atoms with Gasteiger partial charge in [-0.1, -0.05) is 24.3 Å². The van der Waals surface area contributed by atoms with Gasteiger partial charge >= 0.3 is 5.69 Å². The van der Waals surface area contributed by atoms with Crippen molar-refractivity contribution >= 4 is 22.6 Å². The molecule has 0 radical (unpaired) electrons. The first kappa shape index (κ1) is 21.9. The third kappa shape index (κ3) is 4.67. The van der Waals surface area contributed by atoms with E-state index < -0.39 is 23.0 Å². The number of rotatable bonds is 7. The van der Waals surface area contributed by atoms with E-state index in [1.807, 2.05) is 6.92 Å². The predicted octanol–water partition coefficient (Wildman–Crippen LogP) is 2.78. The number of halogens is 1. The minimum absolute atomic E-state index is 0.0719. The number of anilines is 1. The lowest BCUT2D eigenvalue weighted by atomic mass is 10.2. The fourth-order valence-corrected chi connectivity index (χ4v) is 3.49. The summed E-state index contributed by atoms with van der Waals surface area (Å²) in [5.74, 6) is -0.400. The molecule has 33 heavy (non-hydrogen) atoms. The number of ether oxygens (including phenoxy) is 1. The Morgan fingerprint density at radius 3 is 2.55 bits per heavy atom. The zero-order chi connectivity index (χ0) is 23.4. The van der Waals surface area contributed by atoms with Crippen molar-refractivity contribution in [1.82, 2.24) is 14.1 Å². The number of fused-ring (bicyclic) bond motifs is 1. The highest BCUT2D eigenvalue weighted by Gasteiger charge is 2.17. The van der Waals surface area contributed by atoms with Crippen molar-refractivity contribution in [3.8, 4) is 5.75 Å². The van der Waals surface area contributed by atoms with Crippen LogP contribution in [-0.4, -0.2) is 26.6 Å². The molecule has 0 saturated carbocycles. The van der Waals surface area contributed by atoms with Crippen molar-refractivity contribution in [2.24, 2.45) is 0 Å². The molecule has 4 rings (SSSR count). The quantitative estimate of drug-likeness (QED) is 0.469. The van der Waals surface area contributed by atoms with Crippen LogP contribution in [0, 0.1) is 5.82 Å². The SMILES string of the molecule is CCOc1ccccc1NC(=O)Cn1c(=O)n(Cc2ccc(F)cc2)c(=O)c2cccnc21. The molecule has 0 unspecified atom stereocenters. The van der Waals surface area contributed by atoms with Crippen LogP contribution in [0.5, 0.6) is 5.75 Å². The minimum Gasteiger partial charge on any atom is -0.492 e. The first-order valence-corrected chi connectivity index (χ1v) is 10.3. The normalized spacial score (nSPS) is 10.8. The summed E-state index contributed by atoms with van der Waals surface area (Å²) in [6.45, 7) is 1.82. The molecule has 168 valence electrons. The molecule has 0 atom stereocenters. The van der Waals surface area contributed by atoms with Crippen molar-refractivity contribution < 1.29 is 13.9 Å².